The van der Waals surface area contributed by atoms with E-state index in [0.717, 1.165) is 32.2 Å². The second-order valence-electron chi connectivity index (χ2n) is 5.11. The fourth-order valence-corrected chi connectivity index (χ4v) is 2.05. The molecule has 0 saturated carbocycles. The van der Waals surface area contributed by atoms with Crippen LogP contribution in [0.25, 0.3) is 0 Å². The van der Waals surface area contributed by atoms with Crippen LogP contribution >= 0.6 is 0 Å². The van der Waals surface area contributed by atoms with Gasteiger partial charge in [-0.15, -0.1) is 0 Å². The van der Waals surface area contributed by atoms with Gasteiger partial charge in [0.05, 0.1) is 0 Å². The quantitative estimate of drug-likeness (QED) is 0.587. The predicted molar refractivity (Wildman–Crippen MR) is 61.4 cm³/mol. The first-order valence-corrected chi connectivity index (χ1v) is 5.58. The number of hydrogen-bond donors (Lipinski definition) is 0. The molecule has 1 unspecified atom stereocenters. The van der Waals surface area contributed by atoms with E-state index in [1.54, 1.807) is 0 Å². The van der Waals surface area contributed by atoms with Crippen molar-refractivity contribution in [3.8, 4) is 0 Å². The summed E-state index contributed by atoms with van der Waals surface area (Å²) in [6.07, 6.45) is 3.18. The highest BCUT2D eigenvalue weighted by molar-refractivity contribution is 5.58. The van der Waals surface area contributed by atoms with Gasteiger partial charge in [-0.25, -0.2) is 0 Å². The number of aldehydes is 1. The standard InChI is InChI=1S/C12H25NO/c1-6-7-12(4,10-14)9-13(5)8-11(2)3/h10-11H,6-9H2,1-5H3. The van der Waals surface area contributed by atoms with E-state index in [2.05, 4.69) is 39.6 Å². The summed E-state index contributed by atoms with van der Waals surface area (Å²) >= 11 is 0. The maximum atomic E-state index is 11.0. The maximum absolute atomic E-state index is 11.0. The Morgan fingerprint density at radius 3 is 2.36 bits per heavy atom. The van der Waals surface area contributed by atoms with Crippen LogP contribution in [0.5, 0.6) is 0 Å². The second-order valence-corrected chi connectivity index (χ2v) is 5.11. The Morgan fingerprint density at radius 1 is 1.43 bits per heavy atom. The lowest BCUT2D eigenvalue weighted by molar-refractivity contribution is -0.116. The Labute approximate surface area is 88.7 Å². The second kappa shape index (κ2) is 6.18. The largest absolute Gasteiger partial charge is 0.305 e. The molecule has 0 radical (unpaired) electrons. The van der Waals surface area contributed by atoms with Gasteiger partial charge in [-0.1, -0.05) is 34.1 Å². The summed E-state index contributed by atoms with van der Waals surface area (Å²) < 4.78 is 0. The third-order valence-electron chi connectivity index (χ3n) is 2.41. The van der Waals surface area contributed by atoms with Crippen molar-refractivity contribution in [1.29, 1.82) is 0 Å². The Hall–Kier alpha value is -0.370. The van der Waals surface area contributed by atoms with Crippen molar-refractivity contribution >= 4 is 6.29 Å². The van der Waals surface area contributed by atoms with E-state index in [-0.39, 0.29) is 5.41 Å². The zero-order valence-corrected chi connectivity index (χ0v) is 10.3. The molecule has 0 amide bonds. The third kappa shape index (κ3) is 5.38. The van der Waals surface area contributed by atoms with Gasteiger partial charge in [-0.2, -0.15) is 0 Å². The average Bonchev–Trinajstić information content (AvgIpc) is 2.02. The molecule has 0 bridgehead atoms. The fourth-order valence-electron chi connectivity index (χ4n) is 2.05. The number of rotatable bonds is 7. The van der Waals surface area contributed by atoms with Crippen LogP contribution in [-0.2, 0) is 4.79 Å². The molecule has 84 valence electrons. The van der Waals surface area contributed by atoms with Gasteiger partial charge in [0.15, 0.2) is 0 Å². The van der Waals surface area contributed by atoms with E-state index in [9.17, 15) is 4.79 Å². The van der Waals surface area contributed by atoms with Crippen molar-refractivity contribution < 1.29 is 4.79 Å². The number of carbonyl (C=O) groups excluding carboxylic acids is 1. The Kier molecular flexibility index (Phi) is 6.01. The molecule has 0 spiro atoms. The predicted octanol–water partition coefficient (Wildman–Crippen LogP) is 2.58. The Morgan fingerprint density at radius 2 is 2.00 bits per heavy atom. The molecule has 2 heteroatoms. The highest BCUT2D eigenvalue weighted by atomic mass is 16.1. The molecule has 0 rings (SSSR count). The highest BCUT2D eigenvalue weighted by Gasteiger charge is 2.24. The molecule has 0 aromatic rings. The minimum atomic E-state index is -0.154. The van der Waals surface area contributed by atoms with Gasteiger partial charge in [-0.05, 0) is 19.4 Å². The molecule has 0 aliphatic heterocycles. The van der Waals surface area contributed by atoms with Crippen molar-refractivity contribution in [3.63, 3.8) is 0 Å². The van der Waals surface area contributed by atoms with Crippen molar-refractivity contribution in [2.75, 3.05) is 20.1 Å². The van der Waals surface area contributed by atoms with Gasteiger partial charge in [0, 0.05) is 18.5 Å². The highest BCUT2D eigenvalue weighted by Crippen LogP contribution is 2.21. The third-order valence-corrected chi connectivity index (χ3v) is 2.41. The summed E-state index contributed by atoms with van der Waals surface area (Å²) in [7, 11) is 2.09. The lowest BCUT2D eigenvalue weighted by Crippen LogP contribution is -2.36. The van der Waals surface area contributed by atoms with Gasteiger partial charge in [0.25, 0.3) is 0 Å². The van der Waals surface area contributed by atoms with Crippen molar-refractivity contribution in [2.24, 2.45) is 11.3 Å². The fraction of sp³-hybridized carbons (Fsp3) is 0.917. The van der Waals surface area contributed by atoms with Gasteiger partial charge in [0.1, 0.15) is 6.29 Å². The zero-order valence-electron chi connectivity index (χ0n) is 10.3. The van der Waals surface area contributed by atoms with Crippen LogP contribution in [0, 0.1) is 11.3 Å². The zero-order chi connectivity index (χ0) is 11.2. The van der Waals surface area contributed by atoms with E-state index >= 15 is 0 Å². The van der Waals surface area contributed by atoms with Crippen LogP contribution in [0.15, 0.2) is 0 Å². The number of nitrogens with zero attached hydrogens (tertiary/aromatic N) is 1. The summed E-state index contributed by atoms with van der Waals surface area (Å²) in [6.45, 7) is 10.5. The molecule has 0 aliphatic carbocycles. The van der Waals surface area contributed by atoms with Crippen LogP contribution in [-0.4, -0.2) is 31.3 Å². The van der Waals surface area contributed by atoms with Crippen molar-refractivity contribution in [3.05, 3.63) is 0 Å². The summed E-state index contributed by atoms with van der Waals surface area (Å²) in [4.78, 5) is 13.3. The Bertz CT molecular complexity index is 168. The topological polar surface area (TPSA) is 20.3 Å². The summed E-state index contributed by atoms with van der Waals surface area (Å²) in [5, 5.41) is 0. The van der Waals surface area contributed by atoms with Gasteiger partial charge >= 0.3 is 0 Å². The molecule has 0 fully saturated rings. The molecule has 0 aliphatic rings. The lowest BCUT2D eigenvalue weighted by Gasteiger charge is -2.29. The smallest absolute Gasteiger partial charge is 0.127 e. The van der Waals surface area contributed by atoms with E-state index in [1.807, 2.05) is 0 Å². The minimum absolute atomic E-state index is 0.154. The van der Waals surface area contributed by atoms with Crippen molar-refractivity contribution in [2.45, 2.75) is 40.5 Å². The lowest BCUT2D eigenvalue weighted by atomic mass is 9.87. The Balaban J connectivity index is 4.09. The maximum Gasteiger partial charge on any atom is 0.127 e. The molecule has 0 heterocycles. The van der Waals surface area contributed by atoms with Crippen LogP contribution in [0.2, 0.25) is 0 Å². The van der Waals surface area contributed by atoms with Gasteiger partial charge in [0.2, 0.25) is 0 Å². The molecule has 0 saturated heterocycles. The molecular formula is C12H25NO. The minimum Gasteiger partial charge on any atom is -0.305 e. The summed E-state index contributed by atoms with van der Waals surface area (Å²) in [5.41, 5.74) is -0.154. The van der Waals surface area contributed by atoms with Gasteiger partial charge < -0.3 is 9.69 Å². The van der Waals surface area contributed by atoms with Crippen LogP contribution in [0.1, 0.15) is 40.5 Å². The molecule has 0 aromatic carbocycles. The van der Waals surface area contributed by atoms with E-state index in [0.29, 0.717) is 5.92 Å². The first-order valence-electron chi connectivity index (χ1n) is 5.58. The van der Waals surface area contributed by atoms with Crippen LogP contribution in [0.3, 0.4) is 0 Å². The number of carbonyl (C=O) groups is 1. The first kappa shape index (κ1) is 13.6. The van der Waals surface area contributed by atoms with Crippen LogP contribution in [0.4, 0.5) is 0 Å². The van der Waals surface area contributed by atoms with Crippen molar-refractivity contribution in [1.82, 2.24) is 4.90 Å². The molecule has 1 atom stereocenters. The molecule has 2 nitrogen and oxygen atoms in total. The number of hydrogen-bond acceptors (Lipinski definition) is 2. The van der Waals surface area contributed by atoms with E-state index in [4.69, 9.17) is 0 Å². The van der Waals surface area contributed by atoms with E-state index in [1.165, 1.54) is 0 Å². The average molecular weight is 199 g/mol. The van der Waals surface area contributed by atoms with Crippen LogP contribution < -0.4 is 0 Å². The summed E-state index contributed by atoms with van der Waals surface area (Å²) in [6, 6.07) is 0. The monoisotopic (exact) mass is 199 g/mol. The molecular weight excluding hydrogens is 174 g/mol. The SMILES string of the molecule is CCCC(C)(C=O)CN(C)CC(C)C. The van der Waals surface area contributed by atoms with E-state index < -0.39 is 0 Å². The molecule has 0 N–H and O–H groups in total. The molecule has 0 aromatic heterocycles. The van der Waals surface area contributed by atoms with Gasteiger partial charge in [-0.3, -0.25) is 0 Å². The molecule has 14 heavy (non-hydrogen) atoms. The summed E-state index contributed by atoms with van der Waals surface area (Å²) in [5.74, 6) is 0.664. The first-order chi connectivity index (χ1) is 6.43. The normalized spacial score (nSPS) is 15.9.